The molecule has 0 fully saturated rings. The highest BCUT2D eigenvalue weighted by Gasteiger charge is 2.21. The van der Waals surface area contributed by atoms with E-state index in [0.29, 0.717) is 5.04 Å². The molecule has 0 spiro atoms. The van der Waals surface area contributed by atoms with Crippen LogP contribution < -0.4 is 0 Å². The number of benzene rings is 1. The van der Waals surface area contributed by atoms with E-state index in [4.69, 9.17) is 33.5 Å². The van der Waals surface area contributed by atoms with Gasteiger partial charge in [0.05, 0.1) is 12.2 Å². The van der Waals surface area contributed by atoms with E-state index in [2.05, 4.69) is 4.76 Å². The van der Waals surface area contributed by atoms with Crippen molar-refractivity contribution >= 4 is 36.1 Å². The molecule has 0 saturated carbocycles. The Bertz CT molecular complexity index is 461. The maximum Gasteiger partial charge on any atom is 0.307 e. The first-order chi connectivity index (χ1) is 8.82. The van der Waals surface area contributed by atoms with Crippen LogP contribution in [0, 0.1) is 0 Å². The monoisotopic (exact) mass is 316 g/mol. The van der Waals surface area contributed by atoms with Crippen LogP contribution in [-0.2, 0) is 33.5 Å². The van der Waals surface area contributed by atoms with Crippen molar-refractivity contribution in [3.63, 3.8) is 0 Å². The Morgan fingerprint density at radius 1 is 1.11 bits per heavy atom. The molecule has 0 heterocycles. The second kappa shape index (κ2) is 7.46. The molecular weight excluding hydrogens is 297 g/mol. The van der Waals surface area contributed by atoms with Crippen LogP contribution >= 0.6 is 6.64 Å². The quantitative estimate of drug-likeness (QED) is 0.343. The summed E-state index contributed by atoms with van der Waals surface area (Å²) in [5.41, 5.74) is 0.853. The molecule has 106 valence electrons. The predicted molar refractivity (Wildman–Crippen MR) is 87.1 cm³/mol. The summed E-state index contributed by atoms with van der Waals surface area (Å²) in [7, 11) is 0. The van der Waals surface area contributed by atoms with Gasteiger partial charge in [0.15, 0.2) is 0 Å². The average molecular weight is 316 g/mol. The smallest absolute Gasteiger partial charge is 0.307 e. The molecule has 0 aliphatic carbocycles. The Balaban J connectivity index is 3.02. The zero-order chi connectivity index (χ0) is 14.5. The van der Waals surface area contributed by atoms with Crippen molar-refractivity contribution in [2.45, 2.75) is 39.9 Å². The Morgan fingerprint density at radius 2 is 1.58 bits per heavy atom. The van der Waals surface area contributed by atoms with Gasteiger partial charge in [-0.15, -0.1) is 0 Å². The summed E-state index contributed by atoms with van der Waals surface area (Å²) >= 11 is 10.8. The summed E-state index contributed by atoms with van der Waals surface area (Å²) in [6, 6.07) is 9.55. The average Bonchev–Trinajstić information content (AvgIpc) is 2.27. The van der Waals surface area contributed by atoms with Gasteiger partial charge in [0, 0.05) is 0 Å². The van der Waals surface area contributed by atoms with E-state index >= 15 is 0 Å². The molecule has 0 unspecified atom stereocenters. The molecule has 0 bridgehead atoms. The van der Waals surface area contributed by atoms with Crippen LogP contribution in [0.5, 0.6) is 0 Å². The largest absolute Gasteiger partial charge is 0.760 e. The number of rotatable bonds is 6. The van der Waals surface area contributed by atoms with Crippen molar-refractivity contribution in [3.8, 4) is 0 Å². The first-order valence-corrected chi connectivity index (χ1v) is 9.12. The minimum Gasteiger partial charge on any atom is -0.760 e. The molecule has 0 aliphatic heterocycles. The van der Waals surface area contributed by atoms with Crippen molar-refractivity contribution in [1.82, 2.24) is 0 Å². The zero-order valence-electron chi connectivity index (χ0n) is 11.6. The van der Waals surface area contributed by atoms with Gasteiger partial charge in [0.1, 0.15) is 0 Å². The van der Waals surface area contributed by atoms with Gasteiger partial charge >= 0.3 is 6.64 Å². The highest BCUT2D eigenvalue weighted by Crippen LogP contribution is 2.52. The third-order valence-corrected chi connectivity index (χ3v) is 4.97. The minimum atomic E-state index is -2.74. The third kappa shape index (κ3) is 6.11. The van der Waals surface area contributed by atoms with Crippen LogP contribution in [0.2, 0.25) is 0 Å². The lowest BCUT2D eigenvalue weighted by Crippen LogP contribution is -2.08. The highest BCUT2D eigenvalue weighted by molar-refractivity contribution is 8.09. The molecule has 0 N–H and O–H groups in total. The Morgan fingerprint density at radius 3 is 2.00 bits per heavy atom. The van der Waals surface area contributed by atoms with Crippen LogP contribution in [0.1, 0.15) is 33.3 Å². The van der Waals surface area contributed by atoms with Gasteiger partial charge < -0.3 is 21.7 Å². The van der Waals surface area contributed by atoms with Gasteiger partial charge in [-0.3, -0.25) is 0 Å². The van der Waals surface area contributed by atoms with E-state index in [1.807, 2.05) is 58.0 Å². The summed E-state index contributed by atoms with van der Waals surface area (Å²) in [5.74, 6) is 0. The molecule has 6 heteroatoms. The molecule has 3 nitrogen and oxygen atoms in total. The fourth-order valence-electron chi connectivity index (χ4n) is 1.35. The fraction of sp³-hybridized carbons (Fsp3) is 0.462. The Hall–Kier alpha value is -0.320. The van der Waals surface area contributed by atoms with Crippen molar-refractivity contribution < 1.29 is 9.05 Å². The van der Waals surface area contributed by atoms with E-state index in [0.717, 1.165) is 5.56 Å². The van der Waals surface area contributed by atoms with Gasteiger partial charge in [-0.1, -0.05) is 35.4 Å². The Kier molecular flexibility index (Phi) is 6.57. The minimum absolute atomic E-state index is 0.0492. The molecule has 19 heavy (non-hydrogen) atoms. The van der Waals surface area contributed by atoms with Gasteiger partial charge in [-0.2, -0.15) is 0 Å². The fourth-order valence-corrected chi connectivity index (χ4v) is 4.79. The summed E-state index contributed by atoms with van der Waals surface area (Å²) in [6.07, 6.45) is -0.0983. The van der Waals surface area contributed by atoms with Crippen LogP contribution in [0.25, 0.3) is 0 Å². The van der Waals surface area contributed by atoms with Crippen LogP contribution in [0.15, 0.2) is 35.1 Å². The van der Waals surface area contributed by atoms with Gasteiger partial charge in [0.25, 0.3) is 0 Å². The maximum atomic E-state index is 5.69. The molecule has 0 saturated heterocycles. The molecule has 1 aromatic carbocycles. The summed E-state index contributed by atoms with van der Waals surface area (Å²) in [4.78, 5) is 0. The highest BCUT2D eigenvalue weighted by atomic mass is 32.5. The second-order valence-electron chi connectivity index (χ2n) is 4.55. The number of hydrogen-bond acceptors (Lipinski definition) is 4. The second-order valence-corrected chi connectivity index (χ2v) is 7.88. The molecule has 0 radical (unpaired) electrons. The molecule has 1 rings (SSSR count). The standard InChI is InChI=1S/C13H20NO2PS2/c1-10(2)15-17(19,16-11(3)4)14-13(18)12-8-6-5-7-9-12/h5-11H,1-4H3,(H,14,18,19)/p-1. The molecule has 0 aromatic heterocycles. The lowest BCUT2D eigenvalue weighted by atomic mass is 10.2. The molecule has 0 aliphatic rings. The summed E-state index contributed by atoms with van der Waals surface area (Å²) < 4.78 is 15.8. The molecule has 1 aromatic rings. The van der Waals surface area contributed by atoms with Crippen LogP contribution in [-0.4, -0.2) is 17.3 Å². The first-order valence-electron chi connectivity index (χ1n) is 6.12. The first kappa shape index (κ1) is 16.7. The lowest BCUT2D eigenvalue weighted by molar-refractivity contribution is 0.176. The summed E-state index contributed by atoms with van der Waals surface area (Å²) in [6.45, 7) is 4.90. The summed E-state index contributed by atoms with van der Waals surface area (Å²) in [5, 5.41) is 0.435. The van der Waals surface area contributed by atoms with E-state index in [9.17, 15) is 0 Å². The van der Waals surface area contributed by atoms with Gasteiger partial charge in [-0.25, -0.2) is 4.76 Å². The van der Waals surface area contributed by atoms with E-state index in [-0.39, 0.29) is 12.2 Å². The molecule has 0 atom stereocenters. The molecular formula is C13H19NO2PS2-. The van der Waals surface area contributed by atoms with Crippen LogP contribution in [0.4, 0.5) is 0 Å². The SMILES string of the molecule is CC(C)OP(=S)(/N=C(\[S-])c1ccccc1)OC(C)C. The number of nitrogens with zero attached hydrogens (tertiary/aromatic N) is 1. The lowest BCUT2D eigenvalue weighted by Gasteiger charge is -2.25. The normalized spacial score (nSPS) is 13.3. The van der Waals surface area contributed by atoms with Crippen LogP contribution in [0.3, 0.4) is 0 Å². The number of hydrogen-bond donors (Lipinski definition) is 0. The van der Waals surface area contributed by atoms with Gasteiger partial charge in [-0.05, 0) is 45.1 Å². The van der Waals surface area contributed by atoms with E-state index in [1.54, 1.807) is 0 Å². The Labute approximate surface area is 126 Å². The van der Waals surface area contributed by atoms with E-state index < -0.39 is 6.64 Å². The predicted octanol–water partition coefficient (Wildman–Crippen LogP) is 4.05. The van der Waals surface area contributed by atoms with E-state index in [1.165, 1.54) is 0 Å². The zero-order valence-corrected chi connectivity index (χ0v) is 14.1. The van der Waals surface area contributed by atoms with Crippen molar-refractivity contribution in [2.24, 2.45) is 4.76 Å². The van der Waals surface area contributed by atoms with Crippen molar-refractivity contribution in [1.29, 1.82) is 0 Å². The molecule has 0 amide bonds. The van der Waals surface area contributed by atoms with Crippen molar-refractivity contribution in [3.05, 3.63) is 35.9 Å². The third-order valence-electron chi connectivity index (χ3n) is 1.92. The van der Waals surface area contributed by atoms with Gasteiger partial charge in [0.2, 0.25) is 0 Å². The maximum absolute atomic E-state index is 5.69. The topological polar surface area (TPSA) is 30.8 Å². The van der Waals surface area contributed by atoms with Crippen molar-refractivity contribution in [2.75, 3.05) is 0 Å².